The Hall–Kier alpha value is -2.03. The SMILES string of the molecule is O=C(NC1CCC(CCN2CCN(c3nccc4c3OCC4)CC2)CC1)C(F)(F)F. The van der Waals surface area contributed by atoms with E-state index in [1.54, 1.807) is 0 Å². The molecule has 9 heteroatoms. The van der Waals surface area contributed by atoms with Crippen LogP contribution in [0.2, 0.25) is 0 Å². The van der Waals surface area contributed by atoms with Crippen LogP contribution in [0.1, 0.15) is 37.7 Å². The highest BCUT2D eigenvalue weighted by Crippen LogP contribution is 2.34. The summed E-state index contributed by atoms with van der Waals surface area (Å²) < 4.78 is 42.9. The summed E-state index contributed by atoms with van der Waals surface area (Å²) in [5.41, 5.74) is 1.24. The van der Waals surface area contributed by atoms with Crippen molar-refractivity contribution in [3.63, 3.8) is 0 Å². The molecule has 1 aromatic heterocycles. The van der Waals surface area contributed by atoms with Gasteiger partial charge in [0.05, 0.1) is 6.61 Å². The van der Waals surface area contributed by atoms with Gasteiger partial charge in [0.2, 0.25) is 0 Å². The number of hydrogen-bond acceptors (Lipinski definition) is 5. The lowest BCUT2D eigenvalue weighted by Crippen LogP contribution is -2.47. The number of aromatic nitrogens is 1. The molecule has 1 aliphatic carbocycles. The summed E-state index contributed by atoms with van der Waals surface area (Å²) >= 11 is 0. The third-order valence-corrected chi connectivity index (χ3v) is 6.55. The molecule has 0 atom stereocenters. The van der Waals surface area contributed by atoms with E-state index in [9.17, 15) is 18.0 Å². The molecule has 3 heterocycles. The monoisotopic (exact) mass is 426 g/mol. The quantitative estimate of drug-likeness (QED) is 0.785. The van der Waals surface area contributed by atoms with Gasteiger partial charge in [-0.05, 0) is 50.6 Å². The van der Waals surface area contributed by atoms with Crippen LogP contribution in [0.25, 0.3) is 0 Å². The van der Waals surface area contributed by atoms with Crippen molar-refractivity contribution in [3.05, 3.63) is 17.8 Å². The van der Waals surface area contributed by atoms with Crippen LogP contribution in [0.5, 0.6) is 5.75 Å². The van der Waals surface area contributed by atoms with Crippen LogP contribution in [0.4, 0.5) is 19.0 Å². The second-order valence-electron chi connectivity index (χ2n) is 8.53. The molecule has 1 saturated heterocycles. The van der Waals surface area contributed by atoms with Crippen LogP contribution in [-0.4, -0.2) is 67.3 Å². The Morgan fingerprint density at radius 2 is 1.90 bits per heavy atom. The van der Waals surface area contributed by atoms with E-state index in [2.05, 4.69) is 20.1 Å². The van der Waals surface area contributed by atoms with Gasteiger partial charge in [-0.1, -0.05) is 0 Å². The lowest BCUT2D eigenvalue weighted by atomic mass is 9.84. The van der Waals surface area contributed by atoms with Crippen molar-refractivity contribution >= 4 is 11.7 Å². The minimum atomic E-state index is -4.79. The summed E-state index contributed by atoms with van der Waals surface area (Å²) in [5.74, 6) is 0.617. The number of piperazine rings is 1. The number of rotatable bonds is 5. The summed E-state index contributed by atoms with van der Waals surface area (Å²) in [6.07, 6.45) is 2.09. The zero-order chi connectivity index (χ0) is 21.1. The number of anilines is 1. The topological polar surface area (TPSA) is 57.7 Å². The minimum Gasteiger partial charge on any atom is -0.489 e. The van der Waals surface area contributed by atoms with Crippen molar-refractivity contribution in [1.82, 2.24) is 15.2 Å². The zero-order valence-electron chi connectivity index (χ0n) is 17.1. The molecular weight excluding hydrogens is 397 g/mol. The number of hydrogen-bond donors (Lipinski definition) is 1. The van der Waals surface area contributed by atoms with Crippen molar-refractivity contribution in [2.24, 2.45) is 5.92 Å². The standard InChI is InChI=1S/C21H29F3N4O2/c22-21(23,24)20(29)26-17-3-1-15(2-4-17)6-9-27-10-12-28(13-11-27)19-18-16(5-8-25-19)7-14-30-18/h5,8,15,17H,1-4,6-7,9-14H2,(H,26,29). The van der Waals surface area contributed by atoms with E-state index in [4.69, 9.17) is 4.74 Å². The number of ether oxygens (including phenoxy) is 1. The molecule has 3 aliphatic rings. The van der Waals surface area contributed by atoms with E-state index in [0.29, 0.717) is 18.8 Å². The Kier molecular flexibility index (Phi) is 6.36. The number of nitrogens with one attached hydrogen (secondary N) is 1. The van der Waals surface area contributed by atoms with E-state index in [1.807, 2.05) is 12.3 Å². The van der Waals surface area contributed by atoms with Gasteiger partial charge < -0.3 is 15.0 Å². The predicted octanol–water partition coefficient (Wildman–Crippen LogP) is 2.77. The van der Waals surface area contributed by atoms with E-state index >= 15 is 0 Å². The second-order valence-corrected chi connectivity index (χ2v) is 8.53. The molecular formula is C21H29F3N4O2. The second kappa shape index (κ2) is 8.99. The van der Waals surface area contributed by atoms with E-state index in [1.165, 1.54) is 5.56 Å². The Balaban J connectivity index is 1.17. The third-order valence-electron chi connectivity index (χ3n) is 6.55. The fourth-order valence-electron chi connectivity index (χ4n) is 4.73. The zero-order valence-corrected chi connectivity index (χ0v) is 17.1. The molecule has 0 spiro atoms. The number of amides is 1. The number of fused-ring (bicyclic) bond motifs is 1. The lowest BCUT2D eigenvalue weighted by Gasteiger charge is -2.37. The van der Waals surface area contributed by atoms with Crippen molar-refractivity contribution in [3.8, 4) is 5.75 Å². The molecule has 166 valence electrons. The summed E-state index contributed by atoms with van der Waals surface area (Å²) in [5, 5.41) is 2.13. The third kappa shape index (κ3) is 4.99. The van der Waals surface area contributed by atoms with Crippen LogP contribution in [-0.2, 0) is 11.2 Å². The Morgan fingerprint density at radius 1 is 1.17 bits per heavy atom. The first-order chi connectivity index (χ1) is 14.4. The number of carbonyl (C=O) groups excluding carboxylic acids is 1. The molecule has 0 radical (unpaired) electrons. The molecule has 1 aromatic rings. The Labute approximate surface area is 174 Å². The summed E-state index contributed by atoms with van der Waals surface area (Å²) in [7, 11) is 0. The van der Waals surface area contributed by atoms with E-state index in [0.717, 1.165) is 76.6 Å². The molecule has 2 fully saturated rings. The van der Waals surface area contributed by atoms with Crippen LogP contribution in [0.3, 0.4) is 0 Å². The first-order valence-electron chi connectivity index (χ1n) is 10.9. The van der Waals surface area contributed by atoms with E-state index < -0.39 is 12.1 Å². The minimum absolute atomic E-state index is 0.346. The number of carbonyl (C=O) groups is 1. The van der Waals surface area contributed by atoms with Gasteiger partial charge in [-0.15, -0.1) is 0 Å². The lowest BCUT2D eigenvalue weighted by molar-refractivity contribution is -0.174. The van der Waals surface area contributed by atoms with Crippen LogP contribution in [0.15, 0.2) is 12.3 Å². The Morgan fingerprint density at radius 3 is 2.60 bits per heavy atom. The fraction of sp³-hybridized carbons (Fsp3) is 0.714. The van der Waals surface area contributed by atoms with Crippen LogP contribution >= 0.6 is 0 Å². The van der Waals surface area contributed by atoms with Gasteiger partial charge >= 0.3 is 12.1 Å². The largest absolute Gasteiger partial charge is 0.489 e. The van der Waals surface area contributed by atoms with Crippen LogP contribution in [0, 0.1) is 5.92 Å². The smallest absolute Gasteiger partial charge is 0.471 e. The number of alkyl halides is 3. The molecule has 1 N–H and O–H groups in total. The highest BCUT2D eigenvalue weighted by atomic mass is 19.4. The first kappa shape index (κ1) is 21.2. The van der Waals surface area contributed by atoms with Crippen molar-refractivity contribution in [1.29, 1.82) is 0 Å². The van der Waals surface area contributed by atoms with Crippen LogP contribution < -0.4 is 15.0 Å². The average molecular weight is 426 g/mol. The first-order valence-corrected chi connectivity index (χ1v) is 10.9. The maximum absolute atomic E-state index is 12.4. The molecule has 1 amide bonds. The summed E-state index contributed by atoms with van der Waals surface area (Å²) in [6, 6.07) is 1.69. The average Bonchev–Trinajstić information content (AvgIpc) is 3.22. The fourth-order valence-corrected chi connectivity index (χ4v) is 4.73. The maximum Gasteiger partial charge on any atom is 0.471 e. The van der Waals surface area contributed by atoms with Gasteiger partial charge in [0.25, 0.3) is 0 Å². The number of nitrogens with zero attached hydrogens (tertiary/aromatic N) is 3. The van der Waals surface area contributed by atoms with Crippen molar-refractivity contribution < 1.29 is 22.7 Å². The van der Waals surface area contributed by atoms with Gasteiger partial charge in [-0.3, -0.25) is 9.69 Å². The Bertz CT molecular complexity index is 742. The summed E-state index contributed by atoms with van der Waals surface area (Å²) in [6.45, 7) is 5.53. The predicted molar refractivity (Wildman–Crippen MR) is 107 cm³/mol. The number of pyridine rings is 1. The van der Waals surface area contributed by atoms with Gasteiger partial charge in [-0.25, -0.2) is 4.98 Å². The molecule has 2 aliphatic heterocycles. The van der Waals surface area contributed by atoms with Crippen molar-refractivity contribution in [2.75, 3.05) is 44.2 Å². The highest BCUT2D eigenvalue weighted by Gasteiger charge is 2.40. The molecule has 1 saturated carbocycles. The van der Waals surface area contributed by atoms with Gasteiger partial charge in [0.1, 0.15) is 0 Å². The molecule has 6 nitrogen and oxygen atoms in total. The highest BCUT2D eigenvalue weighted by molar-refractivity contribution is 5.81. The van der Waals surface area contributed by atoms with E-state index in [-0.39, 0.29) is 6.04 Å². The van der Waals surface area contributed by atoms with Gasteiger partial charge in [0, 0.05) is 50.4 Å². The summed E-state index contributed by atoms with van der Waals surface area (Å²) in [4.78, 5) is 20.4. The van der Waals surface area contributed by atoms with Gasteiger partial charge in [0.15, 0.2) is 11.6 Å². The molecule has 4 rings (SSSR count). The molecule has 0 unspecified atom stereocenters. The van der Waals surface area contributed by atoms with Gasteiger partial charge in [-0.2, -0.15) is 13.2 Å². The van der Waals surface area contributed by atoms with Crippen molar-refractivity contribution in [2.45, 2.75) is 50.7 Å². The molecule has 30 heavy (non-hydrogen) atoms. The maximum atomic E-state index is 12.4. The normalized spacial score (nSPS) is 25.0. The molecule has 0 aromatic carbocycles. The molecule has 0 bridgehead atoms. The number of halogens is 3.